The third kappa shape index (κ3) is 21.1. The van der Waals surface area contributed by atoms with E-state index in [4.69, 9.17) is 23.3 Å². The Morgan fingerprint density at radius 1 is 0.882 bits per heavy atom. The molecule has 0 radical (unpaired) electrons. The van der Waals surface area contributed by atoms with Crippen molar-refractivity contribution >= 4 is 19.4 Å². The number of hydrogen-bond acceptors (Lipinski definition) is 11. The van der Waals surface area contributed by atoms with Gasteiger partial charge in [0.15, 0.2) is 0 Å². The molecule has 0 aliphatic rings. The second-order valence-corrected chi connectivity index (χ2v) is 15.3. The first-order chi connectivity index (χ1) is 24.6. The van der Waals surface area contributed by atoms with Gasteiger partial charge in [-0.25, -0.2) is 9.48 Å². The van der Waals surface area contributed by atoms with Crippen molar-refractivity contribution in [3.63, 3.8) is 0 Å². The summed E-state index contributed by atoms with van der Waals surface area (Å²) in [4.78, 5) is 22.2. The van der Waals surface area contributed by atoms with E-state index in [1.165, 1.54) is 89.2 Å². The highest BCUT2D eigenvalue weighted by atomic mass is 31.2. The minimum Gasteiger partial charge on any atom is -0.432 e. The molecule has 2 aromatic rings. The first-order valence-electron chi connectivity index (χ1n) is 18.7. The van der Waals surface area contributed by atoms with Crippen molar-refractivity contribution in [2.75, 3.05) is 32.8 Å². The van der Waals surface area contributed by atoms with Gasteiger partial charge >= 0.3 is 13.8 Å². The summed E-state index contributed by atoms with van der Waals surface area (Å²) in [5.74, 6) is 0. The predicted molar refractivity (Wildman–Crippen MR) is 199 cm³/mol. The number of rotatable bonds is 30. The Balaban J connectivity index is 1.69. The molecule has 1 atom stereocenters. The number of nitro groups is 1. The van der Waals surface area contributed by atoms with Crippen LogP contribution in [0.25, 0.3) is 11.3 Å². The zero-order chi connectivity index (χ0) is 37.2. The number of non-ortho nitro benzene ring substituents is 1. The predicted octanol–water partition coefficient (Wildman–Crippen LogP) is 10.4. The number of aromatic nitrogens is 3. The van der Waals surface area contributed by atoms with Crippen LogP contribution in [0, 0.1) is 10.1 Å². The van der Waals surface area contributed by atoms with Crippen LogP contribution >= 0.6 is 7.60 Å². The highest BCUT2D eigenvalue weighted by molar-refractivity contribution is 7.54. The summed E-state index contributed by atoms with van der Waals surface area (Å²) in [5, 5.41) is 19.2. The molecule has 51 heavy (non-hydrogen) atoms. The van der Waals surface area contributed by atoms with Crippen LogP contribution in [0.4, 0.5) is 10.5 Å². The summed E-state index contributed by atoms with van der Waals surface area (Å²) >= 11 is 0. The van der Waals surface area contributed by atoms with Gasteiger partial charge in [0.05, 0.1) is 36.5 Å². The van der Waals surface area contributed by atoms with E-state index < -0.39 is 25.5 Å². The van der Waals surface area contributed by atoms with Crippen LogP contribution in [0.5, 0.6) is 0 Å². The maximum Gasteiger partial charge on any atom is 0.510 e. The highest BCUT2D eigenvalue weighted by Gasteiger charge is 2.25. The molecular formula is C37H61N4O9P. The van der Waals surface area contributed by atoms with Gasteiger partial charge in [0, 0.05) is 30.9 Å². The standard InChI is InChI=1S/C37H61N4O9P/c1-5-6-7-8-9-10-11-12-13-14-15-16-17-18-25-46-26-19-27-48-51(45,49-31-47-37(42)50-32(2)3)28-24-33(4)29-40-30-36(38-39-40)34-20-22-35(23-21-34)41(43)44/h20-24,30,32H,5-19,25-29,31H2,1-4H3/b33-24+. The van der Waals surface area contributed by atoms with Gasteiger partial charge in [-0.3, -0.25) is 19.2 Å². The molecule has 14 heteroatoms. The number of unbranched alkanes of at least 4 members (excludes halogenated alkanes) is 13. The number of nitrogens with zero attached hydrogens (tertiary/aromatic N) is 4. The Labute approximate surface area is 304 Å². The number of carbonyl (C=O) groups is 1. The summed E-state index contributed by atoms with van der Waals surface area (Å²) in [6.45, 7) is 8.58. The van der Waals surface area contributed by atoms with Gasteiger partial charge in [-0.15, -0.1) is 5.10 Å². The molecule has 0 N–H and O–H groups in total. The Hall–Kier alpha value is -3.12. The fraction of sp³-hybridized carbons (Fsp3) is 0.703. The average molecular weight is 737 g/mol. The first-order valence-corrected chi connectivity index (χ1v) is 20.4. The van der Waals surface area contributed by atoms with Gasteiger partial charge < -0.3 is 18.7 Å². The van der Waals surface area contributed by atoms with Gasteiger partial charge in [0.25, 0.3) is 5.69 Å². The maximum atomic E-state index is 13.6. The lowest BCUT2D eigenvalue weighted by Crippen LogP contribution is -2.15. The van der Waals surface area contributed by atoms with Crippen molar-refractivity contribution in [3.05, 3.63) is 52.2 Å². The molecule has 1 aromatic carbocycles. The fourth-order valence-electron chi connectivity index (χ4n) is 5.24. The smallest absolute Gasteiger partial charge is 0.432 e. The Bertz CT molecular complexity index is 1320. The van der Waals surface area contributed by atoms with Crippen LogP contribution in [0.2, 0.25) is 0 Å². The van der Waals surface area contributed by atoms with Crippen LogP contribution in [-0.4, -0.2) is 65.0 Å². The minimum absolute atomic E-state index is 0.00579. The number of benzene rings is 1. The van der Waals surface area contributed by atoms with E-state index in [0.29, 0.717) is 37.4 Å². The number of hydrogen-bond donors (Lipinski definition) is 0. The SMILES string of the molecule is CCCCCCCCCCCCCCCCOCCCOP(=O)(C/C=C(\C)Cn1cc(-c2ccc([N+](=O)[O-])cc2)nn1)OCOC(=O)OC(C)C. The summed E-state index contributed by atoms with van der Waals surface area (Å²) in [5.41, 5.74) is 2.07. The van der Waals surface area contributed by atoms with Crippen LogP contribution in [0.15, 0.2) is 42.1 Å². The van der Waals surface area contributed by atoms with Gasteiger partial charge in [0.2, 0.25) is 6.79 Å². The van der Waals surface area contributed by atoms with E-state index in [2.05, 4.69) is 17.2 Å². The highest BCUT2D eigenvalue weighted by Crippen LogP contribution is 2.48. The lowest BCUT2D eigenvalue weighted by atomic mass is 10.0. The molecule has 0 saturated heterocycles. The molecule has 0 fully saturated rings. The van der Waals surface area contributed by atoms with E-state index in [0.717, 1.165) is 18.4 Å². The molecule has 0 spiro atoms. The molecule has 0 saturated carbocycles. The molecule has 0 aliphatic heterocycles. The van der Waals surface area contributed by atoms with Crippen molar-refractivity contribution in [2.45, 2.75) is 137 Å². The van der Waals surface area contributed by atoms with Crippen molar-refractivity contribution in [3.8, 4) is 11.3 Å². The Kier molecular flexibility index (Phi) is 23.0. The van der Waals surface area contributed by atoms with E-state index in [1.807, 2.05) is 6.92 Å². The molecule has 1 aromatic heterocycles. The van der Waals surface area contributed by atoms with Crippen molar-refractivity contribution in [2.24, 2.45) is 0 Å². The molecule has 1 unspecified atom stereocenters. The van der Waals surface area contributed by atoms with E-state index in [9.17, 15) is 19.5 Å². The fourth-order valence-corrected chi connectivity index (χ4v) is 6.68. The van der Waals surface area contributed by atoms with Gasteiger partial charge in [0.1, 0.15) is 5.69 Å². The molecule has 0 amide bonds. The summed E-state index contributed by atoms with van der Waals surface area (Å²) < 4.78 is 42.0. The monoisotopic (exact) mass is 736 g/mol. The number of allylic oxidation sites excluding steroid dienone is 2. The van der Waals surface area contributed by atoms with Gasteiger partial charge in [-0.2, -0.15) is 0 Å². The molecular weight excluding hydrogens is 675 g/mol. The van der Waals surface area contributed by atoms with Crippen LogP contribution in [0.3, 0.4) is 0 Å². The molecule has 13 nitrogen and oxygen atoms in total. The summed E-state index contributed by atoms with van der Waals surface area (Å²) in [7, 11) is -3.68. The quantitative estimate of drug-likeness (QED) is 0.0143. The third-order valence-corrected chi connectivity index (χ3v) is 9.81. The van der Waals surface area contributed by atoms with Gasteiger partial charge in [-0.1, -0.05) is 107 Å². The number of carbonyl (C=O) groups excluding carboxylic acids is 1. The third-order valence-electron chi connectivity index (χ3n) is 8.11. The molecule has 1 heterocycles. The second kappa shape index (κ2) is 26.6. The number of nitro benzene ring substituents is 1. The van der Waals surface area contributed by atoms with E-state index in [1.54, 1.807) is 42.9 Å². The summed E-state index contributed by atoms with van der Waals surface area (Å²) in [6, 6.07) is 6.06. The van der Waals surface area contributed by atoms with Crippen LogP contribution < -0.4 is 0 Å². The maximum absolute atomic E-state index is 13.6. The molecule has 288 valence electrons. The van der Waals surface area contributed by atoms with E-state index >= 15 is 0 Å². The van der Waals surface area contributed by atoms with Crippen molar-refractivity contribution in [1.82, 2.24) is 15.0 Å². The van der Waals surface area contributed by atoms with Crippen LogP contribution in [0.1, 0.15) is 124 Å². The molecule has 0 aliphatic carbocycles. The average Bonchev–Trinajstić information content (AvgIpc) is 3.56. The van der Waals surface area contributed by atoms with Gasteiger partial charge in [-0.05, 0) is 45.7 Å². The van der Waals surface area contributed by atoms with Crippen molar-refractivity contribution < 1.29 is 37.5 Å². The topological polar surface area (TPSA) is 154 Å². The minimum atomic E-state index is -3.68. The summed E-state index contributed by atoms with van der Waals surface area (Å²) in [6.07, 6.45) is 21.0. The first kappa shape index (κ1) is 44.0. The van der Waals surface area contributed by atoms with Crippen LogP contribution in [-0.2, 0) is 34.4 Å². The van der Waals surface area contributed by atoms with E-state index in [-0.39, 0.29) is 24.6 Å². The second-order valence-electron chi connectivity index (χ2n) is 13.2. The molecule has 0 bridgehead atoms. The zero-order valence-corrected chi connectivity index (χ0v) is 32.2. The number of ether oxygens (including phenoxy) is 3. The largest absolute Gasteiger partial charge is 0.510 e. The normalized spacial score (nSPS) is 13.0. The van der Waals surface area contributed by atoms with Crippen molar-refractivity contribution in [1.29, 1.82) is 0 Å². The zero-order valence-electron chi connectivity index (χ0n) is 31.3. The Morgan fingerprint density at radius 2 is 1.47 bits per heavy atom. The lowest BCUT2D eigenvalue weighted by molar-refractivity contribution is -0.384. The molecule has 2 rings (SSSR count). The Morgan fingerprint density at radius 3 is 2.06 bits per heavy atom. The lowest BCUT2D eigenvalue weighted by Gasteiger charge is -2.18.